The lowest BCUT2D eigenvalue weighted by atomic mass is 10.1. The van der Waals surface area contributed by atoms with Crippen molar-refractivity contribution in [1.29, 1.82) is 0 Å². The van der Waals surface area contributed by atoms with Crippen LogP contribution in [0.1, 0.15) is 12.0 Å². The van der Waals surface area contributed by atoms with Crippen LogP contribution < -0.4 is 10.2 Å². The number of halogens is 3. The van der Waals surface area contributed by atoms with Crippen molar-refractivity contribution in [2.45, 2.75) is 30.8 Å². The number of para-hydroxylation sites is 2. The van der Waals surface area contributed by atoms with Gasteiger partial charge in [-0.1, -0.05) is 42.1 Å². The zero-order chi connectivity index (χ0) is 22.9. The van der Waals surface area contributed by atoms with Crippen LogP contribution in [-0.2, 0) is 9.59 Å². The molecule has 32 heavy (non-hydrogen) atoms. The van der Waals surface area contributed by atoms with Crippen LogP contribution in [0, 0.1) is 6.92 Å². The number of amides is 2. The van der Waals surface area contributed by atoms with Crippen LogP contribution in [0.4, 0.5) is 24.5 Å². The minimum atomic E-state index is -4.79. The standard InChI is InChI=1S/C21H17F3N4O3S/c1-12-6-2-3-7-13(12)19-26-27-20(31-19)32-11-18(30)28-15-9-5-4-8-14(15)25-17(29)10-16(28)21(22,23)24/h2-9,16H,10-11H2,1H3,(H,25,29). The van der Waals surface area contributed by atoms with Crippen LogP contribution in [0.3, 0.4) is 0 Å². The molecule has 1 atom stereocenters. The predicted molar refractivity (Wildman–Crippen MR) is 112 cm³/mol. The van der Waals surface area contributed by atoms with Crippen molar-refractivity contribution in [2.24, 2.45) is 0 Å². The largest absolute Gasteiger partial charge is 0.411 e. The molecule has 1 N–H and O–H groups in total. The molecule has 0 bridgehead atoms. The van der Waals surface area contributed by atoms with Gasteiger partial charge in [0, 0.05) is 5.56 Å². The number of fused-ring (bicyclic) bond motifs is 1. The zero-order valence-electron chi connectivity index (χ0n) is 16.7. The molecular weight excluding hydrogens is 445 g/mol. The summed E-state index contributed by atoms with van der Waals surface area (Å²) in [6, 6.07) is 10.9. The second-order valence-electron chi connectivity index (χ2n) is 7.07. The van der Waals surface area contributed by atoms with E-state index in [0.29, 0.717) is 4.90 Å². The number of alkyl halides is 3. The van der Waals surface area contributed by atoms with Gasteiger partial charge in [-0.2, -0.15) is 13.2 Å². The number of hydrogen-bond donors (Lipinski definition) is 1. The lowest BCUT2D eigenvalue weighted by Crippen LogP contribution is -2.50. The fourth-order valence-electron chi connectivity index (χ4n) is 3.38. The predicted octanol–water partition coefficient (Wildman–Crippen LogP) is 4.44. The van der Waals surface area contributed by atoms with Crippen molar-refractivity contribution in [3.63, 3.8) is 0 Å². The summed E-state index contributed by atoms with van der Waals surface area (Å²) in [6.07, 6.45) is -5.69. The molecule has 11 heteroatoms. The molecular formula is C21H17F3N4O3S. The molecule has 166 valence electrons. The van der Waals surface area contributed by atoms with Crippen molar-refractivity contribution in [1.82, 2.24) is 10.2 Å². The highest BCUT2D eigenvalue weighted by Crippen LogP contribution is 2.38. The molecule has 1 unspecified atom stereocenters. The lowest BCUT2D eigenvalue weighted by molar-refractivity contribution is -0.157. The number of anilines is 2. The van der Waals surface area contributed by atoms with Gasteiger partial charge in [0.25, 0.3) is 5.22 Å². The Kier molecular flexibility index (Phi) is 5.92. The topological polar surface area (TPSA) is 88.3 Å². The Labute approximate surface area is 185 Å². The monoisotopic (exact) mass is 462 g/mol. The smallest absolute Gasteiger partial charge is 0.409 e. The number of carbonyl (C=O) groups excluding carboxylic acids is 2. The first-order valence-electron chi connectivity index (χ1n) is 9.54. The third kappa shape index (κ3) is 4.47. The van der Waals surface area contributed by atoms with Crippen LogP contribution >= 0.6 is 11.8 Å². The van der Waals surface area contributed by atoms with E-state index in [1.54, 1.807) is 12.1 Å². The fourth-order valence-corrected chi connectivity index (χ4v) is 4.00. The van der Waals surface area contributed by atoms with E-state index < -0.39 is 30.5 Å². The van der Waals surface area contributed by atoms with E-state index in [1.165, 1.54) is 18.2 Å². The third-order valence-electron chi connectivity index (χ3n) is 4.88. The van der Waals surface area contributed by atoms with Gasteiger partial charge >= 0.3 is 6.18 Å². The van der Waals surface area contributed by atoms with Gasteiger partial charge in [0.15, 0.2) is 0 Å². The summed E-state index contributed by atoms with van der Waals surface area (Å²) in [5.74, 6) is -1.79. The Morgan fingerprint density at radius 1 is 1.19 bits per heavy atom. The first kappa shape index (κ1) is 21.9. The summed E-state index contributed by atoms with van der Waals surface area (Å²) in [6.45, 7) is 1.87. The van der Waals surface area contributed by atoms with Gasteiger partial charge in [-0.25, -0.2) is 0 Å². The second kappa shape index (κ2) is 8.65. The third-order valence-corrected chi connectivity index (χ3v) is 5.68. The average molecular weight is 462 g/mol. The van der Waals surface area contributed by atoms with Crippen molar-refractivity contribution in [3.05, 3.63) is 54.1 Å². The Morgan fingerprint density at radius 2 is 1.91 bits per heavy atom. The highest BCUT2D eigenvalue weighted by Gasteiger charge is 2.48. The van der Waals surface area contributed by atoms with Gasteiger partial charge in [-0.15, -0.1) is 10.2 Å². The van der Waals surface area contributed by atoms with Crippen molar-refractivity contribution in [2.75, 3.05) is 16.0 Å². The molecule has 4 rings (SSSR count). The van der Waals surface area contributed by atoms with Crippen molar-refractivity contribution >= 4 is 35.0 Å². The fraction of sp³-hybridized carbons (Fsp3) is 0.238. The Morgan fingerprint density at radius 3 is 2.66 bits per heavy atom. The Balaban J connectivity index is 1.57. The highest BCUT2D eigenvalue weighted by molar-refractivity contribution is 7.99. The molecule has 2 heterocycles. The number of thioether (sulfide) groups is 1. The maximum Gasteiger partial charge on any atom is 0.409 e. The summed E-state index contributed by atoms with van der Waals surface area (Å²) >= 11 is 0.834. The molecule has 0 fully saturated rings. The van der Waals surface area contributed by atoms with E-state index in [0.717, 1.165) is 22.9 Å². The molecule has 0 saturated heterocycles. The zero-order valence-corrected chi connectivity index (χ0v) is 17.5. The summed E-state index contributed by atoms with van der Waals surface area (Å²) in [5.41, 5.74) is 1.76. The SMILES string of the molecule is Cc1ccccc1-c1nnc(SCC(=O)N2c3ccccc3NC(=O)CC2C(F)(F)F)o1. The second-order valence-corrected chi connectivity index (χ2v) is 7.99. The van der Waals surface area contributed by atoms with E-state index in [9.17, 15) is 22.8 Å². The summed E-state index contributed by atoms with van der Waals surface area (Å²) in [4.78, 5) is 25.6. The van der Waals surface area contributed by atoms with Gasteiger partial charge in [0.1, 0.15) is 6.04 Å². The van der Waals surface area contributed by atoms with Crippen molar-refractivity contribution in [3.8, 4) is 11.5 Å². The Hall–Kier alpha value is -3.34. The van der Waals surface area contributed by atoms with Crippen LogP contribution in [0.25, 0.3) is 11.5 Å². The maximum atomic E-state index is 13.8. The molecule has 7 nitrogen and oxygen atoms in total. The van der Waals surface area contributed by atoms with Crippen LogP contribution in [-0.4, -0.2) is 40.0 Å². The van der Waals surface area contributed by atoms with Crippen LogP contribution in [0.5, 0.6) is 0 Å². The number of nitrogens with zero attached hydrogens (tertiary/aromatic N) is 3. The van der Waals surface area contributed by atoms with Crippen LogP contribution in [0.2, 0.25) is 0 Å². The number of hydrogen-bond acceptors (Lipinski definition) is 6. The number of nitrogens with one attached hydrogen (secondary N) is 1. The van der Waals surface area contributed by atoms with Crippen LogP contribution in [0.15, 0.2) is 58.2 Å². The normalized spacial score (nSPS) is 16.3. The molecule has 3 aromatic rings. The first-order chi connectivity index (χ1) is 15.2. The molecule has 0 saturated carbocycles. The van der Waals surface area contributed by atoms with E-state index in [-0.39, 0.29) is 28.2 Å². The van der Waals surface area contributed by atoms with Gasteiger partial charge in [0.2, 0.25) is 17.7 Å². The van der Waals surface area contributed by atoms with Gasteiger partial charge in [-0.3, -0.25) is 14.5 Å². The number of carbonyl (C=O) groups is 2. The minimum Gasteiger partial charge on any atom is -0.411 e. The number of rotatable bonds is 4. The maximum absolute atomic E-state index is 13.8. The first-order valence-corrected chi connectivity index (χ1v) is 10.5. The molecule has 0 radical (unpaired) electrons. The van der Waals surface area contributed by atoms with Crippen molar-refractivity contribution < 1.29 is 27.2 Å². The Bertz CT molecular complexity index is 1160. The summed E-state index contributed by atoms with van der Waals surface area (Å²) in [7, 11) is 0. The molecule has 0 aliphatic carbocycles. The van der Waals surface area contributed by atoms with E-state index in [4.69, 9.17) is 4.42 Å². The molecule has 1 aliphatic heterocycles. The number of benzene rings is 2. The minimum absolute atomic E-state index is 0.0163. The molecule has 2 amide bonds. The van der Waals surface area contributed by atoms with Gasteiger partial charge in [-0.05, 0) is 30.7 Å². The average Bonchev–Trinajstić information content (AvgIpc) is 3.14. The molecule has 1 aromatic heterocycles. The summed E-state index contributed by atoms with van der Waals surface area (Å²) < 4.78 is 46.9. The highest BCUT2D eigenvalue weighted by atomic mass is 32.2. The van der Waals surface area contributed by atoms with E-state index in [2.05, 4.69) is 15.5 Å². The van der Waals surface area contributed by atoms with E-state index >= 15 is 0 Å². The number of aromatic nitrogens is 2. The lowest BCUT2D eigenvalue weighted by Gasteiger charge is -2.31. The quantitative estimate of drug-likeness (QED) is 0.577. The molecule has 1 aliphatic rings. The molecule has 0 spiro atoms. The summed E-state index contributed by atoms with van der Waals surface area (Å²) in [5, 5.41) is 10.3. The van der Waals surface area contributed by atoms with Gasteiger partial charge < -0.3 is 9.73 Å². The van der Waals surface area contributed by atoms with E-state index in [1.807, 2.05) is 25.1 Å². The van der Waals surface area contributed by atoms with Gasteiger partial charge in [0.05, 0.1) is 23.5 Å². The molecule has 2 aromatic carbocycles. The number of aryl methyl sites for hydroxylation is 1.